The number of rotatable bonds is 8. The smallest absolute Gasteiger partial charge is 0.239 e. The Bertz CT molecular complexity index is 1200. The lowest BCUT2D eigenvalue weighted by molar-refractivity contribution is -0.123. The normalized spacial score (nSPS) is 11.1. The van der Waals surface area contributed by atoms with Crippen molar-refractivity contribution in [3.8, 4) is 0 Å². The molecule has 4 aromatic rings. The van der Waals surface area contributed by atoms with Crippen LogP contribution in [-0.4, -0.2) is 11.7 Å². The lowest BCUT2D eigenvalue weighted by atomic mass is 9.70. The maximum atomic E-state index is 14.2. The molecule has 170 valence electrons. The second-order valence-electron chi connectivity index (χ2n) is 8.92. The van der Waals surface area contributed by atoms with E-state index < -0.39 is 5.41 Å². The SMILES string of the molecule is Cc1ccc(CC(Cc2ccc(C)cc2)(C(=O)Nc2ccccc2)C(=O)c2ccccc2)cc1. The van der Waals surface area contributed by atoms with Gasteiger partial charge in [-0.15, -0.1) is 0 Å². The number of carbonyl (C=O) groups is 2. The Hall–Kier alpha value is -3.98. The minimum Gasteiger partial charge on any atom is -0.325 e. The van der Waals surface area contributed by atoms with Crippen molar-refractivity contribution in [3.63, 3.8) is 0 Å². The quantitative estimate of drug-likeness (QED) is 0.244. The first-order valence-electron chi connectivity index (χ1n) is 11.5. The highest BCUT2D eigenvalue weighted by atomic mass is 16.2. The second-order valence-corrected chi connectivity index (χ2v) is 8.92. The van der Waals surface area contributed by atoms with E-state index in [4.69, 9.17) is 0 Å². The highest BCUT2D eigenvalue weighted by Crippen LogP contribution is 2.34. The van der Waals surface area contributed by atoms with Crippen LogP contribution in [0.2, 0.25) is 0 Å². The molecule has 0 saturated carbocycles. The molecule has 0 aliphatic heterocycles. The zero-order valence-electron chi connectivity index (χ0n) is 19.6. The third-order valence-corrected chi connectivity index (χ3v) is 6.19. The van der Waals surface area contributed by atoms with E-state index >= 15 is 0 Å². The summed E-state index contributed by atoms with van der Waals surface area (Å²) in [6.45, 7) is 4.06. The molecule has 0 heterocycles. The number of aryl methyl sites for hydroxylation is 2. The number of amides is 1. The molecule has 0 saturated heterocycles. The summed E-state index contributed by atoms with van der Waals surface area (Å²) in [5.74, 6) is -0.476. The number of nitrogens with one attached hydrogen (secondary N) is 1. The Balaban J connectivity index is 1.84. The lowest BCUT2D eigenvalue weighted by Crippen LogP contribution is -2.47. The van der Waals surface area contributed by atoms with Crippen molar-refractivity contribution >= 4 is 17.4 Å². The molecule has 34 heavy (non-hydrogen) atoms. The van der Waals surface area contributed by atoms with Crippen LogP contribution in [0.3, 0.4) is 0 Å². The summed E-state index contributed by atoms with van der Waals surface area (Å²) in [6, 6.07) is 34.6. The first-order chi connectivity index (χ1) is 16.5. The van der Waals surface area contributed by atoms with Crippen LogP contribution in [0.4, 0.5) is 5.69 Å². The van der Waals surface area contributed by atoms with Gasteiger partial charge in [0, 0.05) is 11.3 Å². The van der Waals surface area contributed by atoms with Crippen LogP contribution in [0.25, 0.3) is 0 Å². The molecule has 0 spiro atoms. The minimum absolute atomic E-state index is 0.178. The van der Waals surface area contributed by atoms with E-state index in [9.17, 15) is 9.59 Å². The average molecular weight is 448 g/mol. The number of carbonyl (C=O) groups excluding carboxylic acids is 2. The van der Waals surface area contributed by atoms with Gasteiger partial charge in [0.25, 0.3) is 0 Å². The monoisotopic (exact) mass is 447 g/mol. The molecular formula is C31H29NO2. The van der Waals surface area contributed by atoms with Gasteiger partial charge >= 0.3 is 0 Å². The molecule has 0 fully saturated rings. The third kappa shape index (κ3) is 5.32. The maximum Gasteiger partial charge on any atom is 0.239 e. The van der Waals surface area contributed by atoms with Crippen LogP contribution in [0.1, 0.15) is 32.6 Å². The fourth-order valence-electron chi connectivity index (χ4n) is 4.23. The predicted molar refractivity (Wildman–Crippen MR) is 138 cm³/mol. The number of benzene rings is 4. The van der Waals surface area contributed by atoms with Gasteiger partial charge in [-0.25, -0.2) is 0 Å². The molecule has 0 atom stereocenters. The molecule has 4 aromatic carbocycles. The van der Waals surface area contributed by atoms with E-state index in [1.807, 2.05) is 111 Å². The molecule has 0 aromatic heterocycles. The summed E-state index contributed by atoms with van der Waals surface area (Å²) in [4.78, 5) is 28.2. The van der Waals surface area contributed by atoms with Crippen molar-refractivity contribution in [3.05, 3.63) is 137 Å². The topological polar surface area (TPSA) is 46.2 Å². The Morgan fingerprint density at radius 1 is 0.618 bits per heavy atom. The van der Waals surface area contributed by atoms with Crippen LogP contribution in [0, 0.1) is 19.3 Å². The van der Waals surface area contributed by atoms with Crippen molar-refractivity contribution in [1.82, 2.24) is 0 Å². The summed E-state index contributed by atoms with van der Waals surface area (Å²) in [5, 5.41) is 3.04. The van der Waals surface area contributed by atoms with Crippen LogP contribution in [0.15, 0.2) is 109 Å². The third-order valence-electron chi connectivity index (χ3n) is 6.19. The molecule has 0 aliphatic rings. The molecule has 3 heteroatoms. The van der Waals surface area contributed by atoms with E-state index in [0.29, 0.717) is 24.1 Å². The molecule has 0 aliphatic carbocycles. The van der Waals surface area contributed by atoms with Gasteiger partial charge in [0.1, 0.15) is 5.41 Å². The molecular weight excluding hydrogens is 418 g/mol. The van der Waals surface area contributed by atoms with E-state index in [2.05, 4.69) is 5.32 Å². The highest BCUT2D eigenvalue weighted by molar-refractivity contribution is 6.17. The molecule has 0 unspecified atom stereocenters. The zero-order valence-corrected chi connectivity index (χ0v) is 19.6. The average Bonchev–Trinajstić information content (AvgIpc) is 2.87. The molecule has 4 rings (SSSR count). The number of anilines is 1. The number of ketones is 1. The van der Waals surface area contributed by atoms with Gasteiger partial charge in [0.2, 0.25) is 5.91 Å². The number of hydrogen-bond donors (Lipinski definition) is 1. The van der Waals surface area contributed by atoms with E-state index in [0.717, 1.165) is 22.3 Å². The van der Waals surface area contributed by atoms with Crippen molar-refractivity contribution in [2.75, 3.05) is 5.32 Å². The van der Waals surface area contributed by atoms with Gasteiger partial charge in [-0.3, -0.25) is 9.59 Å². The molecule has 3 nitrogen and oxygen atoms in total. The summed E-state index contributed by atoms with van der Waals surface area (Å²) in [5.41, 5.74) is 4.06. The van der Waals surface area contributed by atoms with E-state index in [1.165, 1.54) is 0 Å². The van der Waals surface area contributed by atoms with Crippen molar-refractivity contribution < 1.29 is 9.59 Å². The molecule has 0 bridgehead atoms. The molecule has 1 amide bonds. The van der Waals surface area contributed by atoms with Crippen molar-refractivity contribution in [2.45, 2.75) is 26.7 Å². The Labute approximate surface area is 201 Å². The van der Waals surface area contributed by atoms with Crippen LogP contribution < -0.4 is 5.32 Å². The largest absolute Gasteiger partial charge is 0.325 e. The van der Waals surface area contributed by atoms with Gasteiger partial charge in [-0.1, -0.05) is 108 Å². The fourth-order valence-corrected chi connectivity index (χ4v) is 4.23. The van der Waals surface area contributed by atoms with E-state index in [-0.39, 0.29) is 11.7 Å². The highest BCUT2D eigenvalue weighted by Gasteiger charge is 2.46. The lowest BCUT2D eigenvalue weighted by Gasteiger charge is -2.32. The minimum atomic E-state index is -1.32. The standard InChI is InChI=1S/C31H29NO2/c1-23-13-17-25(18-14-23)21-31(22-26-19-15-24(2)16-20-26,29(33)27-9-5-3-6-10-27)30(34)32-28-11-7-4-8-12-28/h3-20H,21-22H2,1-2H3,(H,32,34). The van der Waals surface area contributed by atoms with E-state index in [1.54, 1.807) is 12.1 Å². The first kappa shape index (κ1) is 23.2. The Kier molecular flexibility index (Phi) is 7.03. The van der Waals surface area contributed by atoms with Gasteiger partial charge in [-0.05, 0) is 49.9 Å². The summed E-state index contributed by atoms with van der Waals surface area (Å²) >= 11 is 0. The Morgan fingerprint density at radius 2 is 1.06 bits per heavy atom. The summed E-state index contributed by atoms with van der Waals surface area (Å²) in [7, 11) is 0. The number of hydrogen-bond acceptors (Lipinski definition) is 2. The van der Waals surface area contributed by atoms with Crippen LogP contribution in [0.5, 0.6) is 0 Å². The number of para-hydroxylation sites is 1. The molecule has 1 N–H and O–H groups in total. The van der Waals surface area contributed by atoms with Gasteiger partial charge in [-0.2, -0.15) is 0 Å². The summed E-state index contributed by atoms with van der Waals surface area (Å²) < 4.78 is 0. The Morgan fingerprint density at radius 3 is 1.53 bits per heavy atom. The zero-order chi connectivity index (χ0) is 24.0. The van der Waals surface area contributed by atoms with Crippen molar-refractivity contribution in [2.24, 2.45) is 5.41 Å². The molecule has 0 radical (unpaired) electrons. The summed E-state index contributed by atoms with van der Waals surface area (Å²) in [6.07, 6.45) is 0.598. The van der Waals surface area contributed by atoms with Gasteiger partial charge < -0.3 is 5.32 Å². The fraction of sp³-hybridized carbons (Fsp3) is 0.161. The van der Waals surface area contributed by atoms with Crippen LogP contribution >= 0.6 is 0 Å². The maximum absolute atomic E-state index is 14.2. The second kappa shape index (κ2) is 10.3. The number of Topliss-reactive ketones (excluding diaryl/α,β-unsaturated/α-hetero) is 1. The first-order valence-corrected chi connectivity index (χ1v) is 11.5. The van der Waals surface area contributed by atoms with Crippen LogP contribution in [-0.2, 0) is 17.6 Å². The van der Waals surface area contributed by atoms with Gasteiger partial charge in [0.15, 0.2) is 5.78 Å². The van der Waals surface area contributed by atoms with Crippen molar-refractivity contribution in [1.29, 1.82) is 0 Å². The predicted octanol–water partition coefficient (Wildman–Crippen LogP) is 6.60. The van der Waals surface area contributed by atoms with Gasteiger partial charge in [0.05, 0.1) is 0 Å².